The zero-order valence-electron chi connectivity index (χ0n) is 13.7. The third-order valence-corrected chi connectivity index (χ3v) is 4.07. The lowest BCUT2D eigenvalue weighted by atomic mass is 9.99. The van der Waals surface area contributed by atoms with Crippen LogP contribution < -0.4 is 10.6 Å². The van der Waals surface area contributed by atoms with E-state index in [1.807, 2.05) is 84.9 Å². The number of rotatable bonds is 6. The highest BCUT2D eigenvalue weighted by Crippen LogP contribution is 2.24. The molecule has 0 aliphatic carbocycles. The van der Waals surface area contributed by atoms with Crippen molar-refractivity contribution in [3.8, 4) is 0 Å². The smallest absolute Gasteiger partial charge is 0.238 e. The van der Waals surface area contributed by atoms with E-state index in [4.69, 9.17) is 11.6 Å². The molecule has 3 aromatic rings. The van der Waals surface area contributed by atoms with Gasteiger partial charge in [0.25, 0.3) is 0 Å². The maximum atomic E-state index is 12.2. The second kappa shape index (κ2) is 8.47. The predicted octanol–water partition coefficient (Wildman–Crippen LogP) is 4.66. The molecule has 3 aromatic carbocycles. The molecule has 1 unspecified atom stereocenters. The van der Waals surface area contributed by atoms with Crippen LogP contribution in [-0.4, -0.2) is 12.5 Å². The van der Waals surface area contributed by atoms with Crippen LogP contribution in [0.25, 0.3) is 0 Å². The second-order valence-corrected chi connectivity index (χ2v) is 6.13. The summed E-state index contributed by atoms with van der Waals surface area (Å²) in [6, 6.07) is 27.0. The third-order valence-electron chi connectivity index (χ3n) is 3.84. The maximum Gasteiger partial charge on any atom is 0.238 e. The molecule has 3 rings (SSSR count). The molecule has 0 aliphatic heterocycles. The Labute approximate surface area is 152 Å². The van der Waals surface area contributed by atoms with E-state index in [0.29, 0.717) is 5.02 Å². The van der Waals surface area contributed by atoms with Crippen LogP contribution >= 0.6 is 11.6 Å². The van der Waals surface area contributed by atoms with E-state index in [0.717, 1.165) is 16.8 Å². The summed E-state index contributed by atoms with van der Waals surface area (Å²) in [4.78, 5) is 12.2. The Hall–Kier alpha value is -2.62. The van der Waals surface area contributed by atoms with Gasteiger partial charge in [0.1, 0.15) is 0 Å². The molecule has 0 spiro atoms. The molecule has 4 heteroatoms. The van der Waals surface area contributed by atoms with Gasteiger partial charge in [0.05, 0.1) is 12.6 Å². The minimum absolute atomic E-state index is 0.0887. The van der Waals surface area contributed by atoms with Gasteiger partial charge in [-0.2, -0.15) is 0 Å². The van der Waals surface area contributed by atoms with Crippen LogP contribution in [0.5, 0.6) is 0 Å². The highest BCUT2D eigenvalue weighted by Gasteiger charge is 2.15. The number of benzene rings is 3. The number of hydrogen-bond acceptors (Lipinski definition) is 2. The normalized spacial score (nSPS) is 11.7. The molecule has 3 nitrogen and oxygen atoms in total. The predicted molar refractivity (Wildman–Crippen MR) is 103 cm³/mol. The average Bonchev–Trinajstić information content (AvgIpc) is 2.64. The summed E-state index contributed by atoms with van der Waals surface area (Å²) in [5.41, 5.74) is 2.89. The number of carbonyl (C=O) groups excluding carboxylic acids is 1. The molecule has 2 N–H and O–H groups in total. The first kappa shape index (κ1) is 17.2. The molecule has 0 saturated heterocycles. The Morgan fingerprint density at radius 2 is 1.48 bits per heavy atom. The van der Waals surface area contributed by atoms with Crippen LogP contribution in [0.15, 0.2) is 84.9 Å². The van der Waals surface area contributed by atoms with Crippen molar-refractivity contribution >= 4 is 23.2 Å². The molecule has 1 atom stereocenters. The van der Waals surface area contributed by atoms with Gasteiger partial charge in [0.2, 0.25) is 5.91 Å². The van der Waals surface area contributed by atoms with Crippen LogP contribution in [0.3, 0.4) is 0 Å². The minimum Gasteiger partial charge on any atom is -0.325 e. The number of para-hydroxylation sites is 1. The van der Waals surface area contributed by atoms with Gasteiger partial charge in [-0.25, -0.2) is 0 Å². The third kappa shape index (κ3) is 4.92. The highest BCUT2D eigenvalue weighted by molar-refractivity contribution is 6.30. The standard InChI is InChI=1S/C21H19ClN2O/c22-18-11-7-10-17(14-18)21(16-8-3-1-4-9-16)23-15-20(25)24-19-12-5-2-6-13-19/h1-14,21,23H,15H2,(H,24,25). The summed E-state index contributed by atoms with van der Waals surface area (Å²) < 4.78 is 0. The van der Waals surface area contributed by atoms with Crippen molar-refractivity contribution < 1.29 is 4.79 Å². The lowest BCUT2D eigenvalue weighted by molar-refractivity contribution is -0.115. The fourth-order valence-electron chi connectivity index (χ4n) is 2.68. The number of amides is 1. The zero-order chi connectivity index (χ0) is 17.5. The molecule has 0 aromatic heterocycles. The van der Waals surface area contributed by atoms with E-state index in [9.17, 15) is 4.79 Å². The van der Waals surface area contributed by atoms with E-state index in [1.54, 1.807) is 0 Å². The van der Waals surface area contributed by atoms with E-state index >= 15 is 0 Å². The molecule has 0 heterocycles. The monoisotopic (exact) mass is 350 g/mol. The van der Waals surface area contributed by atoms with Crippen molar-refractivity contribution in [2.75, 3.05) is 11.9 Å². The second-order valence-electron chi connectivity index (χ2n) is 5.69. The molecule has 1 amide bonds. The largest absolute Gasteiger partial charge is 0.325 e. The number of nitrogens with one attached hydrogen (secondary N) is 2. The van der Waals surface area contributed by atoms with Gasteiger partial charge in [0, 0.05) is 10.7 Å². The van der Waals surface area contributed by atoms with Crippen LogP contribution in [0.2, 0.25) is 5.02 Å². The summed E-state index contributed by atoms with van der Waals surface area (Å²) in [5.74, 6) is -0.0887. The van der Waals surface area contributed by atoms with Crippen LogP contribution in [-0.2, 0) is 4.79 Å². The molecule has 126 valence electrons. The Kier molecular flexibility index (Phi) is 5.83. The van der Waals surface area contributed by atoms with Crippen molar-refractivity contribution in [3.63, 3.8) is 0 Å². The van der Waals surface area contributed by atoms with Crippen molar-refractivity contribution in [2.45, 2.75) is 6.04 Å². The summed E-state index contributed by atoms with van der Waals surface area (Å²) in [5, 5.41) is 6.89. The Balaban J connectivity index is 1.73. The fraction of sp³-hybridized carbons (Fsp3) is 0.0952. The van der Waals surface area contributed by atoms with E-state index in [1.165, 1.54) is 0 Å². The first-order valence-corrected chi connectivity index (χ1v) is 8.49. The van der Waals surface area contributed by atoms with Gasteiger partial charge >= 0.3 is 0 Å². The number of hydrogen-bond donors (Lipinski definition) is 2. The molecular weight excluding hydrogens is 332 g/mol. The fourth-order valence-corrected chi connectivity index (χ4v) is 2.88. The lowest BCUT2D eigenvalue weighted by Gasteiger charge is -2.20. The lowest BCUT2D eigenvalue weighted by Crippen LogP contribution is -2.31. The summed E-state index contributed by atoms with van der Waals surface area (Å²) in [6.07, 6.45) is 0. The Bertz CT molecular complexity index is 822. The van der Waals surface area contributed by atoms with Gasteiger partial charge in [0.15, 0.2) is 0 Å². The Morgan fingerprint density at radius 1 is 0.840 bits per heavy atom. The SMILES string of the molecule is O=C(CNC(c1ccccc1)c1cccc(Cl)c1)Nc1ccccc1. The number of carbonyl (C=O) groups is 1. The first-order chi connectivity index (χ1) is 12.2. The molecule has 0 radical (unpaired) electrons. The highest BCUT2D eigenvalue weighted by atomic mass is 35.5. The summed E-state index contributed by atoms with van der Waals surface area (Å²) >= 11 is 6.14. The van der Waals surface area contributed by atoms with Gasteiger partial charge < -0.3 is 5.32 Å². The molecular formula is C21H19ClN2O. The maximum absolute atomic E-state index is 12.2. The van der Waals surface area contributed by atoms with E-state index < -0.39 is 0 Å². The molecule has 0 fully saturated rings. The quantitative estimate of drug-likeness (QED) is 0.679. The van der Waals surface area contributed by atoms with E-state index in [-0.39, 0.29) is 18.5 Å². The van der Waals surface area contributed by atoms with Crippen LogP contribution in [0.4, 0.5) is 5.69 Å². The molecule has 0 saturated carbocycles. The van der Waals surface area contributed by atoms with E-state index in [2.05, 4.69) is 10.6 Å². The topological polar surface area (TPSA) is 41.1 Å². The minimum atomic E-state index is -0.110. The van der Waals surface area contributed by atoms with Crippen molar-refractivity contribution in [1.82, 2.24) is 5.32 Å². The number of anilines is 1. The molecule has 0 aliphatic rings. The van der Waals surface area contributed by atoms with Gasteiger partial charge in [-0.15, -0.1) is 0 Å². The summed E-state index contributed by atoms with van der Waals surface area (Å²) in [6.45, 7) is 0.195. The van der Waals surface area contributed by atoms with Crippen molar-refractivity contribution in [1.29, 1.82) is 0 Å². The van der Waals surface area contributed by atoms with Crippen LogP contribution in [0, 0.1) is 0 Å². The van der Waals surface area contributed by atoms with Crippen molar-refractivity contribution in [2.24, 2.45) is 0 Å². The van der Waals surface area contributed by atoms with Gasteiger partial charge in [-0.05, 0) is 35.4 Å². The van der Waals surface area contributed by atoms with Gasteiger partial charge in [-0.3, -0.25) is 10.1 Å². The first-order valence-electron chi connectivity index (χ1n) is 8.11. The average molecular weight is 351 g/mol. The van der Waals surface area contributed by atoms with Gasteiger partial charge in [-0.1, -0.05) is 72.3 Å². The summed E-state index contributed by atoms with van der Waals surface area (Å²) in [7, 11) is 0. The zero-order valence-corrected chi connectivity index (χ0v) is 14.4. The molecule has 0 bridgehead atoms. The van der Waals surface area contributed by atoms with Crippen molar-refractivity contribution in [3.05, 3.63) is 101 Å². The molecule has 25 heavy (non-hydrogen) atoms. The number of halogens is 1. The Morgan fingerprint density at radius 3 is 2.16 bits per heavy atom. The van der Waals surface area contributed by atoms with Crippen LogP contribution in [0.1, 0.15) is 17.2 Å².